The molecule has 2 N–H and O–H groups in total. The van der Waals surface area contributed by atoms with Gasteiger partial charge in [0.25, 0.3) is 0 Å². The molecular weight excluding hydrogens is 174 g/mol. The number of aliphatic hydroxyl groups excluding tert-OH is 1. The highest BCUT2D eigenvalue weighted by Crippen LogP contribution is 2.16. The van der Waals surface area contributed by atoms with E-state index in [1.54, 1.807) is 0 Å². The summed E-state index contributed by atoms with van der Waals surface area (Å²) in [4.78, 5) is 0. The van der Waals surface area contributed by atoms with Crippen molar-refractivity contribution >= 4 is 0 Å². The summed E-state index contributed by atoms with van der Waals surface area (Å²) in [6, 6.07) is 10.5. The van der Waals surface area contributed by atoms with Crippen LogP contribution in [0.4, 0.5) is 0 Å². The Morgan fingerprint density at radius 1 is 1.21 bits per heavy atom. The SMILES string of the molecule is O[C@H]1CNC[C@@H]1CCc1ccccc1. The Bertz CT molecular complexity index is 273. The first-order valence-electron chi connectivity index (χ1n) is 5.29. The lowest BCUT2D eigenvalue weighted by atomic mass is 9.97. The van der Waals surface area contributed by atoms with Gasteiger partial charge in [0.1, 0.15) is 0 Å². The van der Waals surface area contributed by atoms with E-state index in [1.165, 1.54) is 5.56 Å². The molecule has 1 saturated heterocycles. The van der Waals surface area contributed by atoms with E-state index in [2.05, 4.69) is 29.6 Å². The Morgan fingerprint density at radius 3 is 2.64 bits per heavy atom. The number of rotatable bonds is 3. The van der Waals surface area contributed by atoms with E-state index in [-0.39, 0.29) is 6.10 Å². The van der Waals surface area contributed by atoms with Crippen LogP contribution in [0.2, 0.25) is 0 Å². The van der Waals surface area contributed by atoms with Crippen LogP contribution >= 0.6 is 0 Å². The molecule has 76 valence electrons. The quantitative estimate of drug-likeness (QED) is 0.752. The molecule has 2 rings (SSSR count). The molecule has 0 bridgehead atoms. The van der Waals surface area contributed by atoms with Gasteiger partial charge in [0.2, 0.25) is 0 Å². The number of nitrogens with one attached hydrogen (secondary N) is 1. The average molecular weight is 191 g/mol. The Morgan fingerprint density at radius 2 is 2.00 bits per heavy atom. The molecule has 1 heterocycles. The van der Waals surface area contributed by atoms with Crippen LogP contribution in [0.15, 0.2) is 30.3 Å². The second-order valence-corrected chi connectivity index (χ2v) is 4.01. The average Bonchev–Trinajstić information content (AvgIpc) is 2.63. The number of benzene rings is 1. The van der Waals surface area contributed by atoms with Gasteiger partial charge in [-0.05, 0) is 24.3 Å². The van der Waals surface area contributed by atoms with Crippen molar-refractivity contribution < 1.29 is 5.11 Å². The maximum Gasteiger partial charge on any atom is 0.0704 e. The molecule has 0 aliphatic carbocycles. The second-order valence-electron chi connectivity index (χ2n) is 4.01. The molecule has 2 heteroatoms. The molecule has 2 atom stereocenters. The van der Waals surface area contributed by atoms with Crippen LogP contribution in [0, 0.1) is 5.92 Å². The number of aryl methyl sites for hydroxylation is 1. The minimum Gasteiger partial charge on any atom is -0.391 e. The van der Waals surface area contributed by atoms with E-state index in [1.807, 2.05) is 6.07 Å². The summed E-state index contributed by atoms with van der Waals surface area (Å²) < 4.78 is 0. The van der Waals surface area contributed by atoms with Gasteiger partial charge in [0, 0.05) is 13.1 Å². The van der Waals surface area contributed by atoms with Crippen molar-refractivity contribution in [2.45, 2.75) is 18.9 Å². The molecule has 1 aliphatic rings. The summed E-state index contributed by atoms with van der Waals surface area (Å²) in [6.07, 6.45) is 2.02. The van der Waals surface area contributed by atoms with Gasteiger partial charge < -0.3 is 10.4 Å². The molecular formula is C12H17NO. The van der Waals surface area contributed by atoms with Gasteiger partial charge in [0.05, 0.1) is 6.10 Å². The maximum absolute atomic E-state index is 9.60. The summed E-state index contributed by atoms with van der Waals surface area (Å²) in [7, 11) is 0. The van der Waals surface area contributed by atoms with Gasteiger partial charge in [-0.25, -0.2) is 0 Å². The van der Waals surface area contributed by atoms with E-state index in [0.29, 0.717) is 5.92 Å². The van der Waals surface area contributed by atoms with Crippen LogP contribution in [0.25, 0.3) is 0 Å². The van der Waals surface area contributed by atoms with E-state index >= 15 is 0 Å². The highest BCUT2D eigenvalue weighted by Gasteiger charge is 2.23. The second kappa shape index (κ2) is 4.58. The van der Waals surface area contributed by atoms with Gasteiger partial charge in [-0.15, -0.1) is 0 Å². The first-order valence-corrected chi connectivity index (χ1v) is 5.29. The topological polar surface area (TPSA) is 32.3 Å². The highest BCUT2D eigenvalue weighted by molar-refractivity contribution is 5.14. The summed E-state index contributed by atoms with van der Waals surface area (Å²) in [5.74, 6) is 0.440. The molecule has 0 saturated carbocycles. The zero-order valence-corrected chi connectivity index (χ0v) is 8.32. The Kier molecular flexibility index (Phi) is 3.17. The lowest BCUT2D eigenvalue weighted by Gasteiger charge is -2.12. The van der Waals surface area contributed by atoms with Crippen LogP contribution in [0.1, 0.15) is 12.0 Å². The number of hydrogen-bond donors (Lipinski definition) is 2. The number of β-amino-alcohol motifs (C(OH)–C–C–N with tert-alkyl or cyclic N) is 1. The first-order chi connectivity index (χ1) is 6.86. The van der Waals surface area contributed by atoms with Gasteiger partial charge in [-0.3, -0.25) is 0 Å². The van der Waals surface area contributed by atoms with Crippen LogP contribution < -0.4 is 5.32 Å². The van der Waals surface area contributed by atoms with E-state index in [4.69, 9.17) is 0 Å². The monoisotopic (exact) mass is 191 g/mol. The third kappa shape index (κ3) is 2.34. The minimum atomic E-state index is -0.140. The van der Waals surface area contributed by atoms with Crippen molar-refractivity contribution in [3.05, 3.63) is 35.9 Å². The van der Waals surface area contributed by atoms with Crippen molar-refractivity contribution in [3.63, 3.8) is 0 Å². The maximum atomic E-state index is 9.60. The van der Waals surface area contributed by atoms with Crippen LogP contribution in [-0.4, -0.2) is 24.3 Å². The summed E-state index contributed by atoms with van der Waals surface area (Å²) in [5.41, 5.74) is 1.37. The fourth-order valence-electron chi connectivity index (χ4n) is 2.01. The fraction of sp³-hybridized carbons (Fsp3) is 0.500. The third-order valence-electron chi connectivity index (χ3n) is 2.95. The van der Waals surface area contributed by atoms with Crippen molar-refractivity contribution in [2.24, 2.45) is 5.92 Å². The van der Waals surface area contributed by atoms with Gasteiger partial charge >= 0.3 is 0 Å². The highest BCUT2D eigenvalue weighted by atomic mass is 16.3. The summed E-state index contributed by atoms with van der Waals surface area (Å²) in [6.45, 7) is 1.73. The molecule has 0 aromatic heterocycles. The van der Waals surface area contributed by atoms with Gasteiger partial charge in [0.15, 0.2) is 0 Å². The van der Waals surface area contributed by atoms with Crippen LogP contribution in [0.5, 0.6) is 0 Å². The minimum absolute atomic E-state index is 0.140. The first kappa shape index (κ1) is 9.69. The number of hydrogen-bond acceptors (Lipinski definition) is 2. The molecule has 1 aromatic rings. The molecule has 0 radical (unpaired) electrons. The van der Waals surface area contributed by atoms with E-state index in [9.17, 15) is 5.11 Å². The smallest absolute Gasteiger partial charge is 0.0704 e. The van der Waals surface area contributed by atoms with Gasteiger partial charge in [-0.2, -0.15) is 0 Å². The van der Waals surface area contributed by atoms with Crippen molar-refractivity contribution in [3.8, 4) is 0 Å². The lowest BCUT2D eigenvalue weighted by Crippen LogP contribution is -2.18. The van der Waals surface area contributed by atoms with Crippen LogP contribution in [0.3, 0.4) is 0 Å². The lowest BCUT2D eigenvalue weighted by molar-refractivity contribution is 0.143. The molecule has 0 amide bonds. The van der Waals surface area contributed by atoms with Crippen molar-refractivity contribution in [1.82, 2.24) is 5.32 Å². The standard InChI is InChI=1S/C12H17NO/c14-12-9-13-8-11(12)7-6-10-4-2-1-3-5-10/h1-5,11-14H,6-9H2/t11-,12-/m0/s1. The Balaban J connectivity index is 1.82. The normalized spacial score (nSPS) is 26.6. The molecule has 0 spiro atoms. The molecule has 1 fully saturated rings. The zero-order chi connectivity index (χ0) is 9.80. The fourth-order valence-corrected chi connectivity index (χ4v) is 2.01. The zero-order valence-electron chi connectivity index (χ0n) is 8.32. The predicted octanol–water partition coefficient (Wildman–Crippen LogP) is 1.20. The molecule has 14 heavy (non-hydrogen) atoms. The molecule has 0 unspecified atom stereocenters. The van der Waals surface area contributed by atoms with Crippen LogP contribution in [-0.2, 0) is 6.42 Å². The Labute approximate surface area is 85.0 Å². The number of aliphatic hydroxyl groups is 1. The molecule has 1 aliphatic heterocycles. The predicted molar refractivity (Wildman–Crippen MR) is 57.1 cm³/mol. The largest absolute Gasteiger partial charge is 0.391 e. The third-order valence-corrected chi connectivity index (χ3v) is 2.95. The molecule has 1 aromatic carbocycles. The molecule has 2 nitrogen and oxygen atoms in total. The van der Waals surface area contributed by atoms with Gasteiger partial charge in [-0.1, -0.05) is 30.3 Å². The van der Waals surface area contributed by atoms with E-state index in [0.717, 1.165) is 25.9 Å². The Hall–Kier alpha value is -0.860. The summed E-state index contributed by atoms with van der Waals surface area (Å²) in [5, 5.41) is 12.8. The van der Waals surface area contributed by atoms with Crippen molar-refractivity contribution in [2.75, 3.05) is 13.1 Å². The van der Waals surface area contributed by atoms with E-state index < -0.39 is 0 Å². The summed E-state index contributed by atoms with van der Waals surface area (Å²) >= 11 is 0. The van der Waals surface area contributed by atoms with Crippen molar-refractivity contribution in [1.29, 1.82) is 0 Å².